The molecule has 1 aromatic carbocycles. The maximum absolute atomic E-state index is 11.5. The van der Waals surface area contributed by atoms with Gasteiger partial charge in [-0.2, -0.15) is 0 Å². The molecule has 0 aliphatic rings. The fourth-order valence-electron chi connectivity index (χ4n) is 1.68. The highest BCUT2D eigenvalue weighted by atomic mass is 16.6. The largest absolute Gasteiger partial charge is 0.444 e. The second-order valence-electron chi connectivity index (χ2n) is 5.79. The molecular weight excluding hydrogens is 274 g/mol. The summed E-state index contributed by atoms with van der Waals surface area (Å²) in [6.07, 6.45) is -0.570. The molecule has 0 saturated carbocycles. The topological polar surface area (TPSA) is 107 Å². The molecule has 3 N–H and O–H groups in total. The number of hydrogen-bond donors (Lipinski definition) is 2. The summed E-state index contributed by atoms with van der Waals surface area (Å²) >= 11 is 0. The molecule has 1 unspecified atom stereocenters. The van der Waals surface area contributed by atoms with Crippen molar-refractivity contribution in [3.05, 3.63) is 39.4 Å². The third-order valence-corrected chi connectivity index (χ3v) is 2.72. The summed E-state index contributed by atoms with van der Waals surface area (Å²) in [6, 6.07) is 4.23. The summed E-state index contributed by atoms with van der Waals surface area (Å²) in [5.74, 6) is 0. The third-order valence-electron chi connectivity index (χ3n) is 2.72. The molecule has 0 aliphatic heterocycles. The first-order chi connectivity index (χ1) is 9.60. The summed E-state index contributed by atoms with van der Waals surface area (Å²) in [6.45, 7) is 7.07. The Hall–Kier alpha value is -2.15. The Morgan fingerprint density at radius 2 is 2.10 bits per heavy atom. The fourth-order valence-corrected chi connectivity index (χ4v) is 1.68. The predicted molar refractivity (Wildman–Crippen MR) is 79.0 cm³/mol. The molecule has 7 nitrogen and oxygen atoms in total. The Morgan fingerprint density at radius 1 is 1.48 bits per heavy atom. The lowest BCUT2D eigenvalue weighted by Crippen LogP contribution is -2.36. The molecule has 1 atom stereocenters. The summed E-state index contributed by atoms with van der Waals surface area (Å²) < 4.78 is 5.09. The van der Waals surface area contributed by atoms with Gasteiger partial charge >= 0.3 is 6.09 Å². The van der Waals surface area contributed by atoms with E-state index in [-0.39, 0.29) is 12.2 Å². The standard InChI is InChI=1S/C14H21N3O4/c1-9-5-6-10(7-12(9)17(19)20)11(15)8-16-13(18)21-14(2,3)4/h5-7,11H,8,15H2,1-4H3,(H,16,18). The fraction of sp³-hybridized carbons (Fsp3) is 0.500. The first kappa shape index (κ1) is 16.9. The SMILES string of the molecule is Cc1ccc(C(N)CNC(=O)OC(C)(C)C)cc1[N+](=O)[O-]. The molecule has 0 spiro atoms. The van der Waals surface area contributed by atoms with E-state index < -0.39 is 22.7 Å². The highest BCUT2D eigenvalue weighted by Gasteiger charge is 2.18. The zero-order chi connectivity index (χ0) is 16.2. The third kappa shape index (κ3) is 5.39. The van der Waals surface area contributed by atoms with E-state index in [0.717, 1.165) is 0 Å². The van der Waals surface area contributed by atoms with Crippen molar-refractivity contribution in [2.75, 3.05) is 6.54 Å². The van der Waals surface area contributed by atoms with E-state index in [1.807, 2.05) is 0 Å². The van der Waals surface area contributed by atoms with Gasteiger partial charge < -0.3 is 15.8 Å². The van der Waals surface area contributed by atoms with E-state index in [9.17, 15) is 14.9 Å². The van der Waals surface area contributed by atoms with E-state index in [0.29, 0.717) is 11.1 Å². The molecule has 1 rings (SSSR count). The van der Waals surface area contributed by atoms with Crippen LogP contribution in [-0.2, 0) is 4.74 Å². The van der Waals surface area contributed by atoms with Crippen LogP contribution in [0, 0.1) is 17.0 Å². The first-order valence-electron chi connectivity index (χ1n) is 6.57. The van der Waals surface area contributed by atoms with Gasteiger partial charge in [-0.1, -0.05) is 12.1 Å². The second kappa shape index (κ2) is 6.53. The Kier molecular flexibility index (Phi) is 5.26. The van der Waals surface area contributed by atoms with Gasteiger partial charge in [0.25, 0.3) is 5.69 Å². The van der Waals surface area contributed by atoms with Crippen LogP contribution in [0.3, 0.4) is 0 Å². The minimum atomic E-state index is -0.586. The summed E-state index contributed by atoms with van der Waals surface area (Å²) in [5.41, 5.74) is 6.51. The Labute approximate surface area is 123 Å². The van der Waals surface area contributed by atoms with Crippen molar-refractivity contribution in [2.45, 2.75) is 39.3 Å². The number of alkyl carbamates (subject to hydrolysis) is 1. The van der Waals surface area contributed by atoms with Gasteiger partial charge in [-0.25, -0.2) is 4.79 Å². The number of carbonyl (C=O) groups is 1. The van der Waals surface area contributed by atoms with Crippen LogP contribution in [0.2, 0.25) is 0 Å². The van der Waals surface area contributed by atoms with Gasteiger partial charge in [0.05, 0.1) is 4.92 Å². The number of ether oxygens (including phenoxy) is 1. The molecule has 0 saturated heterocycles. The predicted octanol–water partition coefficient (Wildman–Crippen LogP) is 2.43. The Morgan fingerprint density at radius 3 is 2.62 bits per heavy atom. The minimum absolute atomic E-state index is 0.0141. The summed E-state index contributed by atoms with van der Waals surface area (Å²) in [7, 11) is 0. The number of carbonyl (C=O) groups excluding carboxylic acids is 1. The van der Waals surface area contributed by atoms with Crippen LogP contribution in [0.1, 0.15) is 37.9 Å². The molecular formula is C14H21N3O4. The van der Waals surface area contributed by atoms with E-state index >= 15 is 0 Å². The normalized spacial score (nSPS) is 12.6. The number of hydrogen-bond acceptors (Lipinski definition) is 5. The molecule has 21 heavy (non-hydrogen) atoms. The van der Waals surface area contributed by atoms with Crippen LogP contribution in [0.4, 0.5) is 10.5 Å². The van der Waals surface area contributed by atoms with Gasteiger partial charge in [-0.3, -0.25) is 10.1 Å². The molecule has 7 heteroatoms. The molecule has 0 aliphatic carbocycles. The smallest absolute Gasteiger partial charge is 0.407 e. The van der Waals surface area contributed by atoms with Gasteiger partial charge in [0.2, 0.25) is 0 Å². The van der Waals surface area contributed by atoms with Crippen LogP contribution < -0.4 is 11.1 Å². The van der Waals surface area contributed by atoms with Gasteiger partial charge in [0, 0.05) is 24.2 Å². The second-order valence-corrected chi connectivity index (χ2v) is 5.79. The molecule has 0 aromatic heterocycles. The lowest BCUT2D eigenvalue weighted by molar-refractivity contribution is -0.385. The average Bonchev–Trinajstić information content (AvgIpc) is 2.34. The van der Waals surface area contributed by atoms with E-state index in [1.54, 1.807) is 39.8 Å². The van der Waals surface area contributed by atoms with Crippen molar-refractivity contribution < 1.29 is 14.5 Å². The van der Waals surface area contributed by atoms with Crippen LogP contribution in [-0.4, -0.2) is 23.2 Å². The highest BCUT2D eigenvalue weighted by molar-refractivity contribution is 5.67. The number of benzene rings is 1. The molecule has 0 heterocycles. The van der Waals surface area contributed by atoms with E-state index in [4.69, 9.17) is 10.5 Å². The minimum Gasteiger partial charge on any atom is -0.444 e. The van der Waals surface area contributed by atoms with Crippen molar-refractivity contribution in [1.82, 2.24) is 5.32 Å². The molecule has 116 valence electrons. The highest BCUT2D eigenvalue weighted by Crippen LogP contribution is 2.22. The lowest BCUT2D eigenvalue weighted by atomic mass is 10.0. The van der Waals surface area contributed by atoms with Crippen molar-refractivity contribution >= 4 is 11.8 Å². The maximum atomic E-state index is 11.5. The number of rotatable bonds is 4. The number of nitrogens with two attached hydrogens (primary N) is 1. The van der Waals surface area contributed by atoms with Gasteiger partial charge in [0.15, 0.2) is 0 Å². The molecule has 0 bridgehead atoms. The quantitative estimate of drug-likeness (QED) is 0.655. The Bertz CT molecular complexity index is 538. The Balaban J connectivity index is 2.68. The monoisotopic (exact) mass is 295 g/mol. The van der Waals surface area contributed by atoms with Crippen molar-refractivity contribution in [3.8, 4) is 0 Å². The van der Waals surface area contributed by atoms with Gasteiger partial charge in [0.1, 0.15) is 5.60 Å². The van der Waals surface area contributed by atoms with Crippen LogP contribution in [0.25, 0.3) is 0 Å². The zero-order valence-electron chi connectivity index (χ0n) is 12.7. The summed E-state index contributed by atoms with van der Waals surface area (Å²) in [5, 5.41) is 13.4. The molecule has 0 fully saturated rings. The van der Waals surface area contributed by atoms with Crippen LogP contribution in [0.5, 0.6) is 0 Å². The lowest BCUT2D eigenvalue weighted by Gasteiger charge is -2.21. The molecule has 1 aromatic rings. The van der Waals surface area contributed by atoms with Gasteiger partial charge in [-0.05, 0) is 33.3 Å². The molecule has 0 radical (unpaired) electrons. The number of aryl methyl sites for hydroxylation is 1. The zero-order valence-corrected chi connectivity index (χ0v) is 12.7. The van der Waals surface area contributed by atoms with E-state index in [2.05, 4.69) is 5.32 Å². The van der Waals surface area contributed by atoms with Gasteiger partial charge in [-0.15, -0.1) is 0 Å². The number of nitrogens with one attached hydrogen (secondary N) is 1. The van der Waals surface area contributed by atoms with Crippen molar-refractivity contribution in [2.24, 2.45) is 5.73 Å². The van der Waals surface area contributed by atoms with Crippen molar-refractivity contribution in [1.29, 1.82) is 0 Å². The number of amides is 1. The first-order valence-corrected chi connectivity index (χ1v) is 6.57. The molecule has 1 amide bonds. The van der Waals surface area contributed by atoms with Crippen LogP contribution in [0.15, 0.2) is 18.2 Å². The number of nitrogens with zero attached hydrogens (tertiary/aromatic N) is 1. The van der Waals surface area contributed by atoms with E-state index in [1.165, 1.54) is 6.07 Å². The average molecular weight is 295 g/mol. The number of nitro groups is 1. The number of nitro benzene ring substituents is 1. The van der Waals surface area contributed by atoms with Crippen LogP contribution >= 0.6 is 0 Å². The summed E-state index contributed by atoms with van der Waals surface area (Å²) in [4.78, 5) is 22.0. The van der Waals surface area contributed by atoms with Crippen molar-refractivity contribution in [3.63, 3.8) is 0 Å². The maximum Gasteiger partial charge on any atom is 0.407 e.